The summed E-state index contributed by atoms with van der Waals surface area (Å²) >= 11 is 2.62. The van der Waals surface area contributed by atoms with Gasteiger partial charge in [-0.3, -0.25) is 10.1 Å². The number of thiophene rings is 1. The minimum Gasteiger partial charge on any atom is -0.478 e. The van der Waals surface area contributed by atoms with E-state index < -0.39 is 5.97 Å². The number of rotatable bonds is 4. The molecule has 2 N–H and O–H groups in total. The lowest BCUT2D eigenvalue weighted by Crippen LogP contribution is -2.09. The van der Waals surface area contributed by atoms with Crippen LogP contribution in [0.1, 0.15) is 25.8 Å². The van der Waals surface area contributed by atoms with E-state index in [9.17, 15) is 9.59 Å². The van der Waals surface area contributed by atoms with E-state index in [-0.39, 0.29) is 5.91 Å². The molecule has 0 spiro atoms. The van der Waals surface area contributed by atoms with Crippen LogP contribution in [-0.4, -0.2) is 22.0 Å². The molecule has 7 heteroatoms. The number of carbonyl (C=O) groups is 2. The van der Waals surface area contributed by atoms with Crippen LogP contribution in [0, 0.1) is 13.8 Å². The molecule has 0 unspecified atom stereocenters. The Morgan fingerprint density at radius 3 is 2.75 bits per heavy atom. The fraction of sp³-hybridized carbons (Fsp3) is 0.154. The lowest BCUT2D eigenvalue weighted by atomic mass is 10.2. The molecule has 1 amide bonds. The molecule has 0 aromatic carbocycles. The standard InChI is InChI=1S/C13H12N2O3S2/c1-7-5-10(20-9(7)3-4-11(16)17)12(18)15-13-14-8(2)6-19-13/h3-6H,1-2H3,(H,16,17)(H,14,15,18)/b4-3+. The largest absolute Gasteiger partial charge is 0.478 e. The Hall–Kier alpha value is -1.99. The van der Waals surface area contributed by atoms with Crippen LogP contribution in [0.5, 0.6) is 0 Å². The van der Waals surface area contributed by atoms with E-state index in [1.165, 1.54) is 28.7 Å². The molecule has 0 aliphatic carbocycles. The average molecular weight is 308 g/mol. The molecule has 5 nitrogen and oxygen atoms in total. The maximum Gasteiger partial charge on any atom is 0.328 e. The van der Waals surface area contributed by atoms with Gasteiger partial charge in [0.25, 0.3) is 5.91 Å². The molecule has 0 atom stereocenters. The highest BCUT2D eigenvalue weighted by Gasteiger charge is 2.13. The normalized spacial score (nSPS) is 10.9. The molecule has 104 valence electrons. The Morgan fingerprint density at radius 1 is 1.40 bits per heavy atom. The predicted octanol–water partition coefficient (Wildman–Crippen LogP) is 3.17. The van der Waals surface area contributed by atoms with Crippen molar-refractivity contribution in [3.63, 3.8) is 0 Å². The molecular weight excluding hydrogens is 296 g/mol. The van der Waals surface area contributed by atoms with E-state index in [0.717, 1.165) is 22.2 Å². The first-order valence-electron chi connectivity index (χ1n) is 5.70. The fourth-order valence-corrected chi connectivity index (χ4v) is 3.15. The van der Waals surface area contributed by atoms with Gasteiger partial charge in [0.1, 0.15) is 0 Å². The molecular formula is C13H12N2O3S2. The summed E-state index contributed by atoms with van der Waals surface area (Å²) in [6.07, 6.45) is 2.55. The minimum absolute atomic E-state index is 0.234. The van der Waals surface area contributed by atoms with E-state index >= 15 is 0 Å². The number of amides is 1. The van der Waals surface area contributed by atoms with Crippen molar-refractivity contribution in [2.75, 3.05) is 5.32 Å². The lowest BCUT2D eigenvalue weighted by Gasteiger charge is -1.97. The Bertz CT molecular complexity index is 686. The number of hydrogen-bond acceptors (Lipinski definition) is 5. The van der Waals surface area contributed by atoms with E-state index in [4.69, 9.17) is 5.11 Å². The molecule has 0 aliphatic heterocycles. The number of anilines is 1. The maximum absolute atomic E-state index is 12.1. The smallest absolute Gasteiger partial charge is 0.328 e. The van der Waals surface area contributed by atoms with Crippen LogP contribution in [-0.2, 0) is 4.79 Å². The number of aromatic nitrogens is 1. The first-order chi connectivity index (χ1) is 9.45. The monoisotopic (exact) mass is 308 g/mol. The highest BCUT2D eigenvalue weighted by molar-refractivity contribution is 7.16. The predicted molar refractivity (Wildman–Crippen MR) is 80.5 cm³/mol. The summed E-state index contributed by atoms with van der Waals surface area (Å²) in [7, 11) is 0. The second-order valence-corrected chi connectivity index (χ2v) is 6.02. The van der Waals surface area contributed by atoms with Gasteiger partial charge in [0, 0.05) is 16.3 Å². The van der Waals surface area contributed by atoms with Crippen molar-refractivity contribution in [1.82, 2.24) is 4.98 Å². The van der Waals surface area contributed by atoms with E-state index in [0.29, 0.717) is 10.0 Å². The third-order valence-corrected chi connectivity index (χ3v) is 4.47. The average Bonchev–Trinajstić information content (AvgIpc) is 2.93. The third-order valence-electron chi connectivity index (χ3n) is 2.40. The van der Waals surface area contributed by atoms with Crippen LogP contribution in [0.2, 0.25) is 0 Å². The molecule has 0 fully saturated rings. The van der Waals surface area contributed by atoms with Crippen molar-refractivity contribution in [2.45, 2.75) is 13.8 Å². The van der Waals surface area contributed by atoms with Crippen LogP contribution in [0.25, 0.3) is 6.08 Å². The molecule has 2 heterocycles. The van der Waals surface area contributed by atoms with Gasteiger partial charge in [-0.05, 0) is 31.6 Å². The van der Waals surface area contributed by atoms with Gasteiger partial charge in [-0.25, -0.2) is 9.78 Å². The molecule has 0 saturated carbocycles. The zero-order valence-corrected chi connectivity index (χ0v) is 12.5. The fourth-order valence-electron chi connectivity index (χ4n) is 1.49. The number of aryl methyl sites for hydroxylation is 2. The molecule has 0 saturated heterocycles. The van der Waals surface area contributed by atoms with E-state index in [1.54, 1.807) is 6.07 Å². The van der Waals surface area contributed by atoms with Gasteiger partial charge in [0.05, 0.1) is 10.6 Å². The molecule has 2 aromatic rings. The highest BCUT2D eigenvalue weighted by Crippen LogP contribution is 2.25. The van der Waals surface area contributed by atoms with Gasteiger partial charge in [0.15, 0.2) is 5.13 Å². The molecule has 20 heavy (non-hydrogen) atoms. The second-order valence-electron chi connectivity index (χ2n) is 4.08. The highest BCUT2D eigenvalue weighted by atomic mass is 32.1. The van der Waals surface area contributed by atoms with Gasteiger partial charge in [0.2, 0.25) is 0 Å². The summed E-state index contributed by atoms with van der Waals surface area (Å²) in [5, 5.41) is 13.7. The van der Waals surface area contributed by atoms with Crippen molar-refractivity contribution in [1.29, 1.82) is 0 Å². The number of hydrogen-bond donors (Lipinski definition) is 2. The Balaban J connectivity index is 2.15. The lowest BCUT2D eigenvalue weighted by molar-refractivity contribution is -0.131. The number of carbonyl (C=O) groups excluding carboxylic acids is 1. The van der Waals surface area contributed by atoms with E-state index in [1.807, 2.05) is 19.2 Å². The van der Waals surface area contributed by atoms with Crippen LogP contribution in [0.3, 0.4) is 0 Å². The van der Waals surface area contributed by atoms with Crippen LogP contribution in [0.4, 0.5) is 5.13 Å². The first kappa shape index (κ1) is 14.4. The van der Waals surface area contributed by atoms with Gasteiger partial charge >= 0.3 is 5.97 Å². The van der Waals surface area contributed by atoms with Crippen LogP contribution >= 0.6 is 22.7 Å². The zero-order chi connectivity index (χ0) is 14.7. The van der Waals surface area contributed by atoms with Gasteiger partial charge < -0.3 is 5.11 Å². The first-order valence-corrected chi connectivity index (χ1v) is 7.40. The SMILES string of the molecule is Cc1csc(NC(=O)c2cc(C)c(/C=C/C(=O)O)s2)n1. The summed E-state index contributed by atoms with van der Waals surface area (Å²) in [5.41, 5.74) is 1.73. The molecule has 2 rings (SSSR count). The topological polar surface area (TPSA) is 79.3 Å². The number of aliphatic carboxylic acids is 1. The number of thiazole rings is 1. The second kappa shape index (κ2) is 5.98. The molecule has 0 radical (unpaired) electrons. The van der Waals surface area contributed by atoms with Crippen molar-refractivity contribution in [2.24, 2.45) is 0 Å². The van der Waals surface area contributed by atoms with Crippen LogP contribution < -0.4 is 5.32 Å². The molecule has 2 aromatic heterocycles. The summed E-state index contributed by atoms with van der Waals surface area (Å²) in [6.45, 7) is 3.69. The third kappa shape index (κ3) is 3.52. The van der Waals surface area contributed by atoms with Crippen molar-refractivity contribution in [3.8, 4) is 0 Å². The molecule has 0 aliphatic rings. The van der Waals surface area contributed by atoms with Gasteiger partial charge in [-0.2, -0.15) is 0 Å². The van der Waals surface area contributed by atoms with Crippen molar-refractivity contribution >= 4 is 45.8 Å². The summed E-state index contributed by atoms with van der Waals surface area (Å²) in [4.78, 5) is 28.0. The van der Waals surface area contributed by atoms with E-state index in [2.05, 4.69) is 10.3 Å². The Kier molecular flexibility index (Phi) is 4.31. The summed E-state index contributed by atoms with van der Waals surface area (Å²) in [5.74, 6) is -1.25. The summed E-state index contributed by atoms with van der Waals surface area (Å²) in [6, 6.07) is 1.74. The Morgan fingerprint density at radius 2 is 2.15 bits per heavy atom. The number of carboxylic acid groups (broad SMARTS) is 1. The minimum atomic E-state index is -1.01. The number of nitrogens with one attached hydrogen (secondary N) is 1. The summed E-state index contributed by atoms with van der Waals surface area (Å²) < 4.78 is 0. The molecule has 0 bridgehead atoms. The van der Waals surface area contributed by atoms with Crippen LogP contribution in [0.15, 0.2) is 17.5 Å². The number of carboxylic acids is 1. The van der Waals surface area contributed by atoms with Crippen molar-refractivity contribution < 1.29 is 14.7 Å². The van der Waals surface area contributed by atoms with Gasteiger partial charge in [-0.15, -0.1) is 22.7 Å². The van der Waals surface area contributed by atoms with Crippen molar-refractivity contribution in [3.05, 3.63) is 38.5 Å². The quantitative estimate of drug-likeness (QED) is 0.850. The number of nitrogens with zero attached hydrogens (tertiary/aromatic N) is 1. The zero-order valence-electron chi connectivity index (χ0n) is 10.8. The maximum atomic E-state index is 12.1. The Labute approximate surface area is 123 Å². The van der Waals surface area contributed by atoms with Gasteiger partial charge in [-0.1, -0.05) is 0 Å².